The Bertz CT molecular complexity index is 416. The lowest BCUT2D eigenvalue weighted by atomic mass is 9.82. The Labute approximate surface area is 119 Å². The third-order valence-electron chi connectivity index (χ3n) is 3.54. The third kappa shape index (κ3) is 4.83. The normalized spacial score (nSPS) is 24.4. The van der Waals surface area contributed by atoms with Crippen LogP contribution in [0.1, 0.15) is 32.6 Å². The van der Waals surface area contributed by atoms with E-state index in [2.05, 4.69) is 25.3 Å². The van der Waals surface area contributed by atoms with E-state index in [1.54, 1.807) is 0 Å². The second-order valence-electron chi connectivity index (χ2n) is 5.12. The summed E-state index contributed by atoms with van der Waals surface area (Å²) in [5.74, 6) is -3.12. The molecular formula is C16H22F2O2. The van der Waals surface area contributed by atoms with Crippen LogP contribution in [0.2, 0.25) is 0 Å². The first-order valence-corrected chi connectivity index (χ1v) is 6.84. The summed E-state index contributed by atoms with van der Waals surface area (Å²) in [5.41, 5.74) is 0. The van der Waals surface area contributed by atoms with Crippen molar-refractivity contribution in [2.45, 2.75) is 32.6 Å². The van der Waals surface area contributed by atoms with Crippen LogP contribution in [0.15, 0.2) is 48.5 Å². The molecule has 1 rings (SSSR count). The molecule has 4 heteroatoms. The Hall–Kier alpha value is -1.58. The van der Waals surface area contributed by atoms with Crippen LogP contribution in [0.4, 0.5) is 8.78 Å². The van der Waals surface area contributed by atoms with Crippen LogP contribution in [-0.2, 0) is 4.74 Å². The van der Waals surface area contributed by atoms with E-state index in [0.717, 1.165) is 25.7 Å². The highest BCUT2D eigenvalue weighted by Gasteiger charge is 2.21. The highest BCUT2D eigenvalue weighted by molar-refractivity contribution is 5.28. The van der Waals surface area contributed by atoms with Gasteiger partial charge in [0.15, 0.2) is 5.76 Å². The van der Waals surface area contributed by atoms with Crippen molar-refractivity contribution < 1.29 is 18.6 Å². The van der Waals surface area contributed by atoms with Gasteiger partial charge in [0.2, 0.25) is 11.7 Å². The molecule has 1 N–H and O–H groups in total. The Morgan fingerprint density at radius 3 is 2.30 bits per heavy atom. The zero-order chi connectivity index (χ0) is 15.1. The lowest BCUT2D eigenvalue weighted by Crippen LogP contribution is -2.17. The summed E-state index contributed by atoms with van der Waals surface area (Å²) in [6.45, 7) is 8.57. The van der Waals surface area contributed by atoms with Crippen molar-refractivity contribution in [3.05, 3.63) is 48.5 Å². The molecule has 0 bridgehead atoms. The lowest BCUT2D eigenvalue weighted by Gasteiger charge is -2.26. The van der Waals surface area contributed by atoms with E-state index in [1.807, 2.05) is 6.92 Å². The highest BCUT2D eigenvalue weighted by Crippen LogP contribution is 2.31. The molecule has 0 unspecified atom stereocenters. The van der Waals surface area contributed by atoms with Crippen LogP contribution in [0, 0.1) is 11.8 Å². The molecular weight excluding hydrogens is 262 g/mol. The fourth-order valence-corrected chi connectivity index (χ4v) is 2.35. The standard InChI is InChI=1S/C16H22F2O2/c1-4-5-13-6-8-14(9-7-13)10-20-12(3)16(18)15(17)11(2)19/h4-5,13-14,19H,2-3,6-10H2,1H3/b5-4+,16-15-. The molecule has 0 atom stereocenters. The predicted octanol–water partition coefficient (Wildman–Crippen LogP) is 5.12. The number of rotatable bonds is 6. The van der Waals surface area contributed by atoms with Gasteiger partial charge in [-0.3, -0.25) is 0 Å². The number of halogens is 2. The minimum Gasteiger partial charge on any atom is -0.505 e. The van der Waals surface area contributed by atoms with Crippen molar-refractivity contribution in [2.24, 2.45) is 11.8 Å². The number of aliphatic hydroxyl groups is 1. The second kappa shape index (κ2) is 7.88. The molecule has 0 spiro atoms. The summed E-state index contributed by atoms with van der Waals surface area (Å²) in [6.07, 6.45) is 8.45. The highest BCUT2D eigenvalue weighted by atomic mass is 19.2. The van der Waals surface area contributed by atoms with Gasteiger partial charge in [0.05, 0.1) is 6.61 Å². The first-order chi connectivity index (χ1) is 9.45. The van der Waals surface area contributed by atoms with Crippen molar-refractivity contribution in [1.29, 1.82) is 0 Å². The fraction of sp³-hybridized carbons (Fsp3) is 0.500. The average Bonchev–Trinajstić information content (AvgIpc) is 2.44. The monoisotopic (exact) mass is 284 g/mol. The molecule has 0 saturated heterocycles. The van der Waals surface area contributed by atoms with Crippen molar-refractivity contribution in [2.75, 3.05) is 6.61 Å². The number of hydrogen-bond donors (Lipinski definition) is 1. The van der Waals surface area contributed by atoms with Crippen molar-refractivity contribution >= 4 is 0 Å². The molecule has 112 valence electrons. The molecule has 0 aromatic carbocycles. The molecule has 20 heavy (non-hydrogen) atoms. The molecule has 0 aromatic heterocycles. The van der Waals surface area contributed by atoms with E-state index < -0.39 is 23.2 Å². The second-order valence-corrected chi connectivity index (χ2v) is 5.12. The van der Waals surface area contributed by atoms with Crippen LogP contribution >= 0.6 is 0 Å². The van der Waals surface area contributed by atoms with Gasteiger partial charge in [0.1, 0.15) is 5.76 Å². The molecule has 2 nitrogen and oxygen atoms in total. The SMILES string of the molecule is C=C(O)/C(F)=C(/F)C(=C)OCC1CCC(/C=C/C)CC1. The fourth-order valence-electron chi connectivity index (χ4n) is 2.35. The van der Waals surface area contributed by atoms with E-state index in [4.69, 9.17) is 9.84 Å². The molecule has 0 aliphatic heterocycles. The third-order valence-corrected chi connectivity index (χ3v) is 3.54. The Kier molecular flexibility index (Phi) is 6.49. The van der Waals surface area contributed by atoms with Crippen molar-refractivity contribution in [1.82, 2.24) is 0 Å². The van der Waals surface area contributed by atoms with Crippen LogP contribution < -0.4 is 0 Å². The average molecular weight is 284 g/mol. The molecule has 1 aliphatic carbocycles. The maximum Gasteiger partial charge on any atom is 0.203 e. The number of ether oxygens (including phenoxy) is 1. The maximum atomic E-state index is 13.4. The van der Waals surface area contributed by atoms with E-state index >= 15 is 0 Å². The largest absolute Gasteiger partial charge is 0.505 e. The van der Waals surface area contributed by atoms with Crippen LogP contribution in [0.3, 0.4) is 0 Å². The first-order valence-electron chi connectivity index (χ1n) is 6.84. The topological polar surface area (TPSA) is 29.5 Å². The summed E-state index contributed by atoms with van der Waals surface area (Å²) in [4.78, 5) is 0. The lowest BCUT2D eigenvalue weighted by molar-refractivity contribution is 0.133. The number of aliphatic hydroxyl groups excluding tert-OH is 1. The molecule has 1 saturated carbocycles. The molecule has 1 fully saturated rings. The molecule has 0 aromatic rings. The summed E-state index contributed by atoms with van der Waals surface area (Å²) < 4.78 is 31.7. The predicted molar refractivity (Wildman–Crippen MR) is 76.4 cm³/mol. The van der Waals surface area contributed by atoms with Gasteiger partial charge in [-0.25, -0.2) is 0 Å². The van der Waals surface area contributed by atoms with Crippen LogP contribution in [0.5, 0.6) is 0 Å². The van der Waals surface area contributed by atoms with Crippen molar-refractivity contribution in [3.8, 4) is 0 Å². The van der Waals surface area contributed by atoms with Crippen LogP contribution in [0.25, 0.3) is 0 Å². The summed E-state index contributed by atoms with van der Waals surface area (Å²) in [7, 11) is 0. The van der Waals surface area contributed by atoms with Gasteiger partial charge >= 0.3 is 0 Å². The molecule has 0 amide bonds. The smallest absolute Gasteiger partial charge is 0.203 e. The summed E-state index contributed by atoms with van der Waals surface area (Å²) >= 11 is 0. The van der Waals surface area contributed by atoms with E-state index in [9.17, 15) is 8.78 Å². The molecule has 0 heterocycles. The van der Waals surface area contributed by atoms with Gasteiger partial charge in [-0.2, -0.15) is 8.78 Å². The van der Waals surface area contributed by atoms with Gasteiger partial charge in [0.25, 0.3) is 0 Å². The van der Waals surface area contributed by atoms with Gasteiger partial charge in [-0.1, -0.05) is 25.3 Å². The Morgan fingerprint density at radius 1 is 1.20 bits per heavy atom. The quantitative estimate of drug-likeness (QED) is 0.416. The Morgan fingerprint density at radius 2 is 1.80 bits per heavy atom. The van der Waals surface area contributed by atoms with E-state index in [-0.39, 0.29) is 0 Å². The van der Waals surface area contributed by atoms with E-state index in [0.29, 0.717) is 18.4 Å². The van der Waals surface area contributed by atoms with E-state index in [1.165, 1.54) is 0 Å². The van der Waals surface area contributed by atoms with Gasteiger partial charge < -0.3 is 9.84 Å². The van der Waals surface area contributed by atoms with Crippen LogP contribution in [-0.4, -0.2) is 11.7 Å². The molecule has 0 radical (unpaired) electrons. The minimum atomic E-state index is -1.42. The Balaban J connectivity index is 2.40. The molecule has 1 aliphatic rings. The minimum absolute atomic E-state index is 0.319. The van der Waals surface area contributed by atoms with Crippen molar-refractivity contribution in [3.63, 3.8) is 0 Å². The number of hydrogen-bond acceptors (Lipinski definition) is 2. The van der Waals surface area contributed by atoms with Gasteiger partial charge in [0, 0.05) is 0 Å². The maximum absolute atomic E-state index is 13.4. The first kappa shape index (κ1) is 16.5. The van der Waals surface area contributed by atoms with Gasteiger partial charge in [-0.15, -0.1) is 0 Å². The summed E-state index contributed by atoms with van der Waals surface area (Å²) in [5, 5.41) is 8.77. The van der Waals surface area contributed by atoms with Gasteiger partial charge in [-0.05, 0) is 44.4 Å². The zero-order valence-corrected chi connectivity index (χ0v) is 11.9. The summed E-state index contributed by atoms with van der Waals surface area (Å²) in [6, 6.07) is 0. The zero-order valence-electron chi connectivity index (χ0n) is 11.9. The number of allylic oxidation sites excluding steroid dienone is 4.